The van der Waals surface area contributed by atoms with E-state index in [1.54, 1.807) is 0 Å². The standard InChI is InChI=1S/C12H14Cl2N2O3/c13-10-4-9(16(17)18)5-11(14)12(10)15-6-8-2-1-3-19-7-8/h4-5,8,15H,1-3,6-7H2. The molecule has 0 amide bonds. The summed E-state index contributed by atoms with van der Waals surface area (Å²) in [5, 5.41) is 14.3. The topological polar surface area (TPSA) is 64.4 Å². The van der Waals surface area contributed by atoms with Crippen molar-refractivity contribution in [2.45, 2.75) is 12.8 Å². The molecular weight excluding hydrogens is 291 g/mol. The maximum absolute atomic E-state index is 10.7. The number of anilines is 1. The second kappa shape index (κ2) is 6.41. The van der Waals surface area contributed by atoms with Gasteiger partial charge in [-0.1, -0.05) is 23.2 Å². The average Bonchev–Trinajstić information content (AvgIpc) is 2.38. The van der Waals surface area contributed by atoms with Crippen LogP contribution in [0.5, 0.6) is 0 Å². The molecule has 0 aliphatic carbocycles. The molecule has 1 heterocycles. The maximum Gasteiger partial charge on any atom is 0.272 e. The van der Waals surface area contributed by atoms with E-state index < -0.39 is 4.92 Å². The molecule has 2 rings (SSSR count). The summed E-state index contributed by atoms with van der Waals surface area (Å²) in [6, 6.07) is 2.60. The second-order valence-electron chi connectivity index (χ2n) is 4.51. The molecule has 0 spiro atoms. The summed E-state index contributed by atoms with van der Waals surface area (Å²) in [5.74, 6) is 0.413. The van der Waals surface area contributed by atoms with E-state index in [1.807, 2.05) is 0 Å². The molecule has 19 heavy (non-hydrogen) atoms. The van der Waals surface area contributed by atoms with Gasteiger partial charge in [0.2, 0.25) is 0 Å². The van der Waals surface area contributed by atoms with E-state index in [4.69, 9.17) is 27.9 Å². The summed E-state index contributed by atoms with van der Waals surface area (Å²) in [6.45, 7) is 2.22. The molecule has 1 fully saturated rings. The fourth-order valence-corrected chi connectivity index (χ4v) is 2.66. The number of hydrogen-bond acceptors (Lipinski definition) is 4. The van der Waals surface area contributed by atoms with E-state index >= 15 is 0 Å². The van der Waals surface area contributed by atoms with E-state index in [0.29, 0.717) is 18.2 Å². The SMILES string of the molecule is O=[N+]([O-])c1cc(Cl)c(NCC2CCCOC2)c(Cl)c1. The van der Waals surface area contributed by atoms with Crippen molar-refractivity contribution in [1.82, 2.24) is 0 Å². The smallest absolute Gasteiger partial charge is 0.272 e. The number of nitro groups is 1. The van der Waals surface area contributed by atoms with Crippen molar-refractivity contribution in [3.05, 3.63) is 32.3 Å². The summed E-state index contributed by atoms with van der Waals surface area (Å²) >= 11 is 12.0. The minimum atomic E-state index is -0.517. The fraction of sp³-hybridized carbons (Fsp3) is 0.500. The summed E-state index contributed by atoms with van der Waals surface area (Å²) < 4.78 is 5.39. The predicted octanol–water partition coefficient (Wildman–Crippen LogP) is 3.74. The number of halogens is 2. The lowest BCUT2D eigenvalue weighted by atomic mass is 10.0. The third-order valence-electron chi connectivity index (χ3n) is 3.06. The van der Waals surface area contributed by atoms with Gasteiger partial charge in [-0.15, -0.1) is 0 Å². The Morgan fingerprint density at radius 1 is 1.42 bits per heavy atom. The molecule has 104 valence electrons. The van der Waals surface area contributed by atoms with Gasteiger partial charge in [0.1, 0.15) is 0 Å². The third-order valence-corrected chi connectivity index (χ3v) is 3.66. The van der Waals surface area contributed by atoms with Crippen LogP contribution in [0.2, 0.25) is 10.0 Å². The Morgan fingerprint density at radius 2 is 2.11 bits per heavy atom. The molecule has 1 unspecified atom stereocenters. The van der Waals surface area contributed by atoms with Crippen molar-refractivity contribution in [3.63, 3.8) is 0 Å². The van der Waals surface area contributed by atoms with Gasteiger partial charge in [-0.25, -0.2) is 0 Å². The van der Waals surface area contributed by atoms with Gasteiger partial charge < -0.3 is 10.1 Å². The van der Waals surface area contributed by atoms with Gasteiger partial charge in [0.05, 0.1) is 27.3 Å². The van der Waals surface area contributed by atoms with Crippen LogP contribution < -0.4 is 5.32 Å². The van der Waals surface area contributed by atoms with Crippen LogP contribution in [0, 0.1) is 16.0 Å². The first-order chi connectivity index (χ1) is 9.08. The Balaban J connectivity index is 2.05. The van der Waals surface area contributed by atoms with Crippen LogP contribution in [-0.4, -0.2) is 24.7 Å². The zero-order valence-electron chi connectivity index (χ0n) is 10.2. The molecule has 1 aliphatic heterocycles. The van der Waals surface area contributed by atoms with E-state index in [9.17, 15) is 10.1 Å². The van der Waals surface area contributed by atoms with Crippen LogP contribution in [-0.2, 0) is 4.74 Å². The van der Waals surface area contributed by atoms with Crippen molar-refractivity contribution in [3.8, 4) is 0 Å². The van der Waals surface area contributed by atoms with Gasteiger partial charge in [0.15, 0.2) is 0 Å². The minimum absolute atomic E-state index is 0.110. The Bertz CT molecular complexity index is 453. The molecule has 1 saturated heterocycles. The van der Waals surface area contributed by atoms with Gasteiger partial charge in [0.25, 0.3) is 5.69 Å². The third kappa shape index (κ3) is 3.72. The second-order valence-corrected chi connectivity index (χ2v) is 5.32. The first kappa shape index (κ1) is 14.4. The zero-order valence-corrected chi connectivity index (χ0v) is 11.7. The molecule has 1 aromatic rings. The lowest BCUT2D eigenvalue weighted by molar-refractivity contribution is -0.384. The van der Waals surface area contributed by atoms with Crippen molar-refractivity contribution in [1.29, 1.82) is 0 Å². The lowest BCUT2D eigenvalue weighted by Crippen LogP contribution is -2.24. The Kier molecular flexibility index (Phi) is 4.85. The van der Waals surface area contributed by atoms with Crippen LogP contribution in [0.25, 0.3) is 0 Å². The van der Waals surface area contributed by atoms with Gasteiger partial charge in [-0.3, -0.25) is 10.1 Å². The molecule has 0 aromatic heterocycles. The van der Waals surface area contributed by atoms with Gasteiger partial charge in [-0.05, 0) is 18.8 Å². The quantitative estimate of drug-likeness (QED) is 0.680. The highest BCUT2D eigenvalue weighted by molar-refractivity contribution is 6.39. The Labute approximate surface area is 121 Å². The summed E-state index contributed by atoms with van der Waals surface area (Å²) in [7, 11) is 0. The average molecular weight is 305 g/mol. The first-order valence-corrected chi connectivity index (χ1v) is 6.78. The number of rotatable bonds is 4. The number of nitrogens with zero attached hydrogens (tertiary/aromatic N) is 1. The van der Waals surface area contributed by atoms with Crippen molar-refractivity contribution in [2.75, 3.05) is 25.1 Å². The van der Waals surface area contributed by atoms with Crippen LogP contribution in [0.4, 0.5) is 11.4 Å². The highest BCUT2D eigenvalue weighted by atomic mass is 35.5. The van der Waals surface area contributed by atoms with E-state index in [0.717, 1.165) is 26.1 Å². The number of hydrogen-bond donors (Lipinski definition) is 1. The highest BCUT2D eigenvalue weighted by Crippen LogP contribution is 2.34. The predicted molar refractivity (Wildman–Crippen MR) is 75.1 cm³/mol. The van der Waals surface area contributed by atoms with Crippen molar-refractivity contribution < 1.29 is 9.66 Å². The monoisotopic (exact) mass is 304 g/mol. The number of non-ortho nitro benzene ring substituents is 1. The van der Waals surface area contributed by atoms with Crippen LogP contribution in [0.3, 0.4) is 0 Å². The summed E-state index contributed by atoms with van der Waals surface area (Å²) in [5.41, 5.74) is 0.432. The molecule has 0 bridgehead atoms. The van der Waals surface area contributed by atoms with Gasteiger partial charge >= 0.3 is 0 Å². The fourth-order valence-electron chi connectivity index (χ4n) is 2.05. The Morgan fingerprint density at radius 3 is 2.63 bits per heavy atom. The Hall–Kier alpha value is -1.04. The molecule has 1 aromatic carbocycles. The van der Waals surface area contributed by atoms with E-state index in [2.05, 4.69) is 5.32 Å². The lowest BCUT2D eigenvalue weighted by Gasteiger charge is -2.23. The van der Waals surface area contributed by atoms with Crippen molar-refractivity contribution in [2.24, 2.45) is 5.92 Å². The molecule has 1 N–H and O–H groups in total. The highest BCUT2D eigenvalue weighted by Gasteiger charge is 2.17. The van der Waals surface area contributed by atoms with E-state index in [1.165, 1.54) is 12.1 Å². The van der Waals surface area contributed by atoms with E-state index in [-0.39, 0.29) is 15.7 Å². The molecule has 5 nitrogen and oxygen atoms in total. The molecule has 7 heteroatoms. The first-order valence-electron chi connectivity index (χ1n) is 6.03. The number of nitro benzene ring substituents is 1. The van der Waals surface area contributed by atoms with Gasteiger partial charge in [0, 0.05) is 25.3 Å². The van der Waals surface area contributed by atoms with Gasteiger partial charge in [-0.2, -0.15) is 0 Å². The molecule has 0 radical (unpaired) electrons. The largest absolute Gasteiger partial charge is 0.382 e. The van der Waals surface area contributed by atoms with Crippen LogP contribution in [0.15, 0.2) is 12.1 Å². The zero-order chi connectivity index (χ0) is 13.8. The number of ether oxygens (including phenoxy) is 1. The minimum Gasteiger partial charge on any atom is -0.382 e. The maximum atomic E-state index is 10.7. The summed E-state index contributed by atoms with van der Waals surface area (Å²) in [6.07, 6.45) is 2.14. The van der Waals surface area contributed by atoms with Crippen LogP contribution >= 0.6 is 23.2 Å². The normalized spacial score (nSPS) is 19.2. The molecule has 0 saturated carbocycles. The molecular formula is C12H14Cl2N2O3. The molecule has 1 atom stereocenters. The number of benzene rings is 1. The number of nitrogens with one attached hydrogen (secondary N) is 1. The molecule has 1 aliphatic rings. The van der Waals surface area contributed by atoms with Crippen molar-refractivity contribution >= 4 is 34.6 Å². The van der Waals surface area contributed by atoms with Crippen LogP contribution in [0.1, 0.15) is 12.8 Å². The summed E-state index contributed by atoms with van der Waals surface area (Å²) in [4.78, 5) is 10.2.